The second-order valence-electron chi connectivity index (χ2n) is 5.52. The number of ether oxygens (including phenoxy) is 3. The molecular formula is C16H20N2O3. The van der Waals surface area contributed by atoms with Gasteiger partial charge in [-0.3, -0.25) is 5.32 Å². The van der Waals surface area contributed by atoms with Gasteiger partial charge in [-0.05, 0) is 30.5 Å². The van der Waals surface area contributed by atoms with E-state index in [0.29, 0.717) is 23.3 Å². The van der Waals surface area contributed by atoms with Crippen LogP contribution in [-0.2, 0) is 0 Å². The van der Waals surface area contributed by atoms with E-state index in [9.17, 15) is 5.26 Å². The predicted molar refractivity (Wildman–Crippen MR) is 77.5 cm³/mol. The monoisotopic (exact) mass is 288 g/mol. The highest BCUT2D eigenvalue weighted by Gasteiger charge is 2.25. The Kier molecular flexibility index (Phi) is 4.16. The Morgan fingerprint density at radius 2 is 2.10 bits per heavy atom. The normalized spacial score (nSPS) is 19.0. The van der Waals surface area contributed by atoms with E-state index in [2.05, 4.69) is 11.4 Å². The lowest BCUT2D eigenvalue weighted by atomic mass is 9.94. The van der Waals surface area contributed by atoms with E-state index in [4.69, 9.17) is 14.2 Å². The minimum Gasteiger partial charge on any atom is -0.493 e. The van der Waals surface area contributed by atoms with Crippen molar-refractivity contribution in [2.24, 2.45) is 0 Å². The van der Waals surface area contributed by atoms with Crippen LogP contribution in [0.15, 0.2) is 12.1 Å². The molecule has 0 spiro atoms. The van der Waals surface area contributed by atoms with Crippen molar-refractivity contribution < 1.29 is 14.2 Å². The van der Waals surface area contributed by atoms with Crippen molar-refractivity contribution in [3.05, 3.63) is 17.7 Å². The molecule has 1 aliphatic heterocycles. The van der Waals surface area contributed by atoms with Crippen molar-refractivity contribution in [2.45, 2.75) is 44.2 Å². The van der Waals surface area contributed by atoms with Gasteiger partial charge in [0.2, 0.25) is 12.5 Å². The number of benzene rings is 1. The average molecular weight is 288 g/mol. The fraction of sp³-hybridized carbons (Fsp3) is 0.562. The number of nitrogens with zero attached hydrogens (tertiary/aromatic N) is 1. The number of hydrogen-bond donors (Lipinski definition) is 1. The highest BCUT2D eigenvalue weighted by Crippen LogP contribution is 2.43. The third-order valence-corrected chi connectivity index (χ3v) is 4.15. The molecule has 112 valence electrons. The fourth-order valence-electron chi connectivity index (χ4n) is 3.03. The van der Waals surface area contributed by atoms with Crippen molar-refractivity contribution in [3.63, 3.8) is 0 Å². The third-order valence-electron chi connectivity index (χ3n) is 4.15. The lowest BCUT2D eigenvalue weighted by Crippen LogP contribution is -2.33. The number of rotatable bonds is 4. The van der Waals surface area contributed by atoms with Crippen LogP contribution >= 0.6 is 0 Å². The molecule has 1 saturated carbocycles. The number of nitriles is 1. The molecule has 1 fully saturated rings. The lowest BCUT2D eigenvalue weighted by molar-refractivity contribution is 0.171. The van der Waals surface area contributed by atoms with Crippen LogP contribution in [0.25, 0.3) is 0 Å². The van der Waals surface area contributed by atoms with Crippen LogP contribution < -0.4 is 19.5 Å². The maximum absolute atomic E-state index is 9.50. The Bertz CT molecular complexity index is 547. The van der Waals surface area contributed by atoms with E-state index in [1.165, 1.54) is 19.3 Å². The van der Waals surface area contributed by atoms with Crippen LogP contribution in [-0.4, -0.2) is 19.9 Å². The maximum atomic E-state index is 9.50. The lowest BCUT2D eigenvalue weighted by Gasteiger charge is -2.25. The van der Waals surface area contributed by atoms with Crippen LogP contribution in [0.3, 0.4) is 0 Å². The molecule has 2 aliphatic rings. The second kappa shape index (κ2) is 6.23. The second-order valence-corrected chi connectivity index (χ2v) is 5.52. The third kappa shape index (κ3) is 2.91. The van der Waals surface area contributed by atoms with Crippen molar-refractivity contribution in [2.75, 3.05) is 13.9 Å². The quantitative estimate of drug-likeness (QED) is 0.923. The van der Waals surface area contributed by atoms with Crippen LogP contribution in [0.2, 0.25) is 0 Å². The Labute approximate surface area is 124 Å². The molecule has 1 heterocycles. The summed E-state index contributed by atoms with van der Waals surface area (Å²) in [5.41, 5.74) is 0.865. The minimum absolute atomic E-state index is 0.197. The topological polar surface area (TPSA) is 63.5 Å². The van der Waals surface area contributed by atoms with Gasteiger partial charge in [0.1, 0.15) is 6.04 Å². The van der Waals surface area contributed by atoms with Gasteiger partial charge in [-0.1, -0.05) is 19.3 Å². The molecule has 0 amide bonds. The summed E-state index contributed by atoms with van der Waals surface area (Å²) in [7, 11) is 1.59. The molecule has 1 atom stereocenters. The molecule has 3 rings (SSSR count). The Morgan fingerprint density at radius 1 is 1.29 bits per heavy atom. The molecule has 5 heteroatoms. The Morgan fingerprint density at radius 3 is 2.81 bits per heavy atom. The molecular weight excluding hydrogens is 268 g/mol. The Balaban J connectivity index is 1.82. The highest BCUT2D eigenvalue weighted by atomic mass is 16.7. The van der Waals surface area contributed by atoms with E-state index in [1.807, 2.05) is 12.1 Å². The van der Waals surface area contributed by atoms with Gasteiger partial charge >= 0.3 is 0 Å². The minimum atomic E-state index is -0.350. The SMILES string of the molecule is COc1cc(C(C#N)NC2CCCCC2)cc2c1OCO2. The van der Waals surface area contributed by atoms with E-state index in [1.54, 1.807) is 7.11 Å². The molecule has 1 N–H and O–H groups in total. The zero-order chi connectivity index (χ0) is 14.7. The smallest absolute Gasteiger partial charge is 0.231 e. The van der Waals surface area contributed by atoms with Crippen molar-refractivity contribution in [1.82, 2.24) is 5.32 Å². The van der Waals surface area contributed by atoms with E-state index in [-0.39, 0.29) is 12.8 Å². The molecule has 1 aliphatic carbocycles. The van der Waals surface area contributed by atoms with E-state index >= 15 is 0 Å². The Hall–Kier alpha value is -1.93. The first-order chi connectivity index (χ1) is 10.3. The summed E-state index contributed by atoms with van der Waals surface area (Å²) >= 11 is 0. The van der Waals surface area contributed by atoms with Gasteiger partial charge < -0.3 is 14.2 Å². The summed E-state index contributed by atoms with van der Waals surface area (Å²) in [6.07, 6.45) is 6.05. The molecule has 1 aromatic rings. The molecule has 1 aromatic carbocycles. The first kappa shape index (κ1) is 14.0. The number of hydrogen-bond acceptors (Lipinski definition) is 5. The average Bonchev–Trinajstić information content (AvgIpc) is 3.01. The first-order valence-corrected chi connectivity index (χ1v) is 7.45. The highest BCUT2D eigenvalue weighted by molar-refractivity contribution is 5.56. The first-order valence-electron chi connectivity index (χ1n) is 7.45. The molecule has 21 heavy (non-hydrogen) atoms. The standard InChI is InChI=1S/C16H20N2O3/c1-19-14-7-11(8-15-16(14)21-10-20-15)13(9-17)18-12-5-3-2-4-6-12/h7-8,12-13,18H,2-6,10H2,1H3. The number of methoxy groups -OCH3 is 1. The number of nitrogens with one attached hydrogen (secondary N) is 1. The van der Waals surface area contributed by atoms with Crippen molar-refractivity contribution >= 4 is 0 Å². The largest absolute Gasteiger partial charge is 0.493 e. The molecule has 0 radical (unpaired) electrons. The van der Waals surface area contributed by atoms with Crippen LogP contribution in [0.4, 0.5) is 0 Å². The van der Waals surface area contributed by atoms with E-state index in [0.717, 1.165) is 18.4 Å². The molecule has 0 aromatic heterocycles. The molecule has 1 unspecified atom stereocenters. The van der Waals surface area contributed by atoms with Gasteiger partial charge in [0, 0.05) is 6.04 Å². The van der Waals surface area contributed by atoms with Gasteiger partial charge in [0.25, 0.3) is 0 Å². The van der Waals surface area contributed by atoms with Crippen LogP contribution in [0.1, 0.15) is 43.7 Å². The summed E-state index contributed by atoms with van der Waals surface area (Å²) in [5.74, 6) is 1.89. The van der Waals surface area contributed by atoms with Gasteiger partial charge in [-0.2, -0.15) is 5.26 Å². The summed E-state index contributed by atoms with van der Waals surface area (Å²) < 4.78 is 16.2. The fourth-order valence-corrected chi connectivity index (χ4v) is 3.03. The molecule has 5 nitrogen and oxygen atoms in total. The predicted octanol–water partition coefficient (Wildman–Crippen LogP) is 2.91. The van der Waals surface area contributed by atoms with Crippen molar-refractivity contribution in [1.29, 1.82) is 5.26 Å². The molecule has 0 bridgehead atoms. The summed E-state index contributed by atoms with van der Waals surface area (Å²) in [6, 6.07) is 6.14. The zero-order valence-electron chi connectivity index (χ0n) is 12.2. The van der Waals surface area contributed by atoms with E-state index < -0.39 is 0 Å². The van der Waals surface area contributed by atoms with Crippen molar-refractivity contribution in [3.8, 4) is 23.3 Å². The van der Waals surface area contributed by atoms with Gasteiger partial charge in [0.15, 0.2) is 11.5 Å². The summed E-state index contributed by atoms with van der Waals surface area (Å²) in [4.78, 5) is 0. The van der Waals surface area contributed by atoms with Crippen LogP contribution in [0, 0.1) is 11.3 Å². The number of fused-ring (bicyclic) bond motifs is 1. The maximum Gasteiger partial charge on any atom is 0.231 e. The summed E-state index contributed by atoms with van der Waals surface area (Å²) in [5, 5.41) is 12.9. The molecule has 0 saturated heterocycles. The van der Waals surface area contributed by atoms with Gasteiger partial charge in [0.05, 0.1) is 13.2 Å². The van der Waals surface area contributed by atoms with Crippen LogP contribution in [0.5, 0.6) is 17.2 Å². The van der Waals surface area contributed by atoms with Gasteiger partial charge in [-0.25, -0.2) is 0 Å². The zero-order valence-corrected chi connectivity index (χ0v) is 12.2. The summed E-state index contributed by atoms with van der Waals surface area (Å²) in [6.45, 7) is 0.197. The van der Waals surface area contributed by atoms with Gasteiger partial charge in [-0.15, -0.1) is 0 Å².